The lowest BCUT2D eigenvalue weighted by molar-refractivity contribution is -0.114. The normalized spacial score (nSPS) is 11.2. The lowest BCUT2D eigenvalue weighted by Crippen LogP contribution is -2.38. The number of sulfonamides is 1. The second kappa shape index (κ2) is 9.27. The lowest BCUT2D eigenvalue weighted by Gasteiger charge is -2.24. The summed E-state index contributed by atoms with van der Waals surface area (Å²) in [6.07, 6.45) is 1.86. The first-order chi connectivity index (χ1) is 14.3. The Morgan fingerprint density at radius 3 is 2.10 bits per heavy atom. The minimum Gasteiger partial charge on any atom is -0.323 e. The summed E-state index contributed by atoms with van der Waals surface area (Å²) in [5, 5.41) is 2.71. The van der Waals surface area contributed by atoms with E-state index in [0.717, 1.165) is 45.6 Å². The van der Waals surface area contributed by atoms with Crippen molar-refractivity contribution < 1.29 is 22.0 Å². The zero-order chi connectivity index (χ0) is 21.7. The van der Waals surface area contributed by atoms with E-state index in [-0.39, 0.29) is 10.6 Å². The van der Waals surface area contributed by atoms with Crippen molar-refractivity contribution in [2.75, 3.05) is 22.4 Å². The molecule has 0 radical (unpaired) electrons. The molecular formula is C21H18F2N2O3S2. The van der Waals surface area contributed by atoms with Crippen LogP contribution < -0.4 is 9.62 Å². The van der Waals surface area contributed by atoms with Gasteiger partial charge in [-0.3, -0.25) is 9.10 Å². The lowest BCUT2D eigenvalue weighted by atomic mass is 10.3. The average molecular weight is 449 g/mol. The molecule has 3 rings (SSSR count). The number of thioether (sulfide) groups is 1. The van der Waals surface area contributed by atoms with Gasteiger partial charge in [0.15, 0.2) is 0 Å². The van der Waals surface area contributed by atoms with Crippen LogP contribution in [0, 0.1) is 11.6 Å². The molecule has 1 amide bonds. The fourth-order valence-electron chi connectivity index (χ4n) is 2.72. The molecule has 0 aliphatic rings. The Bertz CT molecular complexity index is 1140. The molecule has 0 unspecified atom stereocenters. The first kappa shape index (κ1) is 21.8. The zero-order valence-electron chi connectivity index (χ0n) is 15.9. The van der Waals surface area contributed by atoms with Gasteiger partial charge in [0, 0.05) is 4.90 Å². The molecule has 0 heterocycles. The highest BCUT2D eigenvalue weighted by molar-refractivity contribution is 7.98. The van der Waals surface area contributed by atoms with E-state index in [0.29, 0.717) is 5.69 Å². The van der Waals surface area contributed by atoms with Crippen molar-refractivity contribution >= 4 is 39.1 Å². The Labute approximate surface area is 177 Å². The number of carbonyl (C=O) groups excluding carboxylic acids is 1. The second-order valence-electron chi connectivity index (χ2n) is 6.19. The van der Waals surface area contributed by atoms with Crippen LogP contribution in [0.4, 0.5) is 20.2 Å². The molecule has 0 bridgehead atoms. The topological polar surface area (TPSA) is 66.5 Å². The van der Waals surface area contributed by atoms with Crippen molar-refractivity contribution in [3.8, 4) is 0 Å². The molecule has 156 valence electrons. The van der Waals surface area contributed by atoms with Crippen molar-refractivity contribution in [1.82, 2.24) is 0 Å². The molecule has 3 aromatic carbocycles. The van der Waals surface area contributed by atoms with Crippen LogP contribution in [0.1, 0.15) is 0 Å². The van der Waals surface area contributed by atoms with Crippen LogP contribution in [-0.2, 0) is 14.8 Å². The number of rotatable bonds is 7. The van der Waals surface area contributed by atoms with Crippen LogP contribution in [0.3, 0.4) is 0 Å². The molecule has 0 atom stereocenters. The van der Waals surface area contributed by atoms with Gasteiger partial charge in [-0.2, -0.15) is 0 Å². The molecule has 0 aromatic heterocycles. The Morgan fingerprint density at radius 1 is 0.933 bits per heavy atom. The molecule has 0 fully saturated rings. The van der Waals surface area contributed by atoms with Crippen LogP contribution in [0.15, 0.2) is 82.6 Å². The third-order valence-electron chi connectivity index (χ3n) is 4.18. The van der Waals surface area contributed by atoms with E-state index >= 15 is 0 Å². The maximum absolute atomic E-state index is 13.4. The Morgan fingerprint density at radius 2 is 1.50 bits per heavy atom. The van der Waals surface area contributed by atoms with Crippen LogP contribution in [0.25, 0.3) is 0 Å². The van der Waals surface area contributed by atoms with Gasteiger partial charge in [-0.05, 0) is 66.9 Å². The third-order valence-corrected chi connectivity index (χ3v) is 6.77. The summed E-state index contributed by atoms with van der Waals surface area (Å²) in [6.45, 7) is -0.548. The van der Waals surface area contributed by atoms with Crippen molar-refractivity contribution in [2.45, 2.75) is 9.79 Å². The van der Waals surface area contributed by atoms with Crippen LogP contribution >= 0.6 is 11.8 Å². The van der Waals surface area contributed by atoms with E-state index in [1.54, 1.807) is 12.1 Å². The Kier molecular flexibility index (Phi) is 6.73. The Hall–Kier alpha value is -2.91. The number of hydrogen-bond acceptors (Lipinski definition) is 4. The van der Waals surface area contributed by atoms with Crippen molar-refractivity contribution in [3.63, 3.8) is 0 Å². The van der Waals surface area contributed by atoms with Gasteiger partial charge < -0.3 is 5.32 Å². The molecule has 1 N–H and O–H groups in total. The fourth-order valence-corrected chi connectivity index (χ4v) is 4.70. The van der Waals surface area contributed by atoms with Crippen molar-refractivity contribution in [2.24, 2.45) is 0 Å². The first-order valence-corrected chi connectivity index (χ1v) is 11.4. The number of carbonyl (C=O) groups is 1. The molecule has 5 nitrogen and oxygen atoms in total. The van der Waals surface area contributed by atoms with Crippen molar-refractivity contribution in [3.05, 3.63) is 84.4 Å². The maximum Gasteiger partial charge on any atom is 0.264 e. The predicted octanol–water partition coefficient (Wildman–Crippen LogP) is 4.52. The molecule has 0 spiro atoms. The highest BCUT2D eigenvalue weighted by atomic mass is 32.2. The summed E-state index contributed by atoms with van der Waals surface area (Å²) in [5.74, 6) is -1.71. The smallest absolute Gasteiger partial charge is 0.264 e. The summed E-state index contributed by atoms with van der Waals surface area (Å²) in [5.41, 5.74) is 0.655. The molecule has 0 aliphatic heterocycles. The van der Waals surface area contributed by atoms with E-state index in [4.69, 9.17) is 0 Å². The summed E-state index contributed by atoms with van der Waals surface area (Å²) < 4.78 is 53.8. The molecule has 0 aliphatic carbocycles. The summed E-state index contributed by atoms with van der Waals surface area (Å²) >= 11 is 1.43. The van der Waals surface area contributed by atoms with Gasteiger partial charge in [0.05, 0.1) is 16.3 Å². The van der Waals surface area contributed by atoms with Gasteiger partial charge in [-0.25, -0.2) is 17.2 Å². The number of hydrogen-bond donors (Lipinski definition) is 1. The largest absolute Gasteiger partial charge is 0.323 e. The van der Waals surface area contributed by atoms with Crippen LogP contribution in [-0.4, -0.2) is 27.1 Å². The molecule has 0 saturated carbocycles. The number of halogens is 2. The van der Waals surface area contributed by atoms with Gasteiger partial charge in [0.1, 0.15) is 18.2 Å². The van der Waals surface area contributed by atoms with Gasteiger partial charge in [0.2, 0.25) is 5.91 Å². The van der Waals surface area contributed by atoms with Crippen LogP contribution in [0.5, 0.6) is 0 Å². The number of para-hydroxylation sites is 1. The average Bonchev–Trinajstić information content (AvgIpc) is 2.73. The monoisotopic (exact) mass is 448 g/mol. The van der Waals surface area contributed by atoms with E-state index in [2.05, 4.69) is 5.32 Å². The molecular weight excluding hydrogens is 430 g/mol. The minimum atomic E-state index is -4.21. The highest BCUT2D eigenvalue weighted by Crippen LogP contribution is 2.26. The van der Waals surface area contributed by atoms with Gasteiger partial charge >= 0.3 is 0 Å². The fraction of sp³-hybridized carbons (Fsp3) is 0.0952. The van der Waals surface area contributed by atoms with E-state index in [9.17, 15) is 22.0 Å². The highest BCUT2D eigenvalue weighted by Gasteiger charge is 2.27. The number of nitrogens with zero attached hydrogens (tertiary/aromatic N) is 1. The SMILES string of the molecule is CSc1ccccc1NC(=O)CN(c1ccc(F)cc1)S(=O)(=O)c1ccc(F)cc1. The minimum absolute atomic E-state index is 0.106. The van der Waals surface area contributed by atoms with Gasteiger partial charge in [-0.1, -0.05) is 12.1 Å². The summed E-state index contributed by atoms with van der Waals surface area (Å²) in [6, 6.07) is 16.1. The van der Waals surface area contributed by atoms with Gasteiger partial charge in [-0.15, -0.1) is 11.8 Å². The number of anilines is 2. The molecule has 9 heteroatoms. The van der Waals surface area contributed by atoms with Crippen LogP contribution in [0.2, 0.25) is 0 Å². The quantitative estimate of drug-likeness (QED) is 0.540. The van der Waals surface area contributed by atoms with E-state index in [1.807, 2.05) is 18.4 Å². The number of amides is 1. The number of nitrogens with one attached hydrogen (secondary N) is 1. The summed E-state index contributed by atoms with van der Waals surface area (Å²) in [4.78, 5) is 13.3. The predicted molar refractivity (Wildman–Crippen MR) is 114 cm³/mol. The zero-order valence-corrected chi connectivity index (χ0v) is 17.5. The standard InChI is InChI=1S/C21H18F2N2O3S2/c1-29-20-5-3-2-4-19(20)24-21(26)14-25(17-10-6-15(22)7-11-17)30(27,28)18-12-8-16(23)9-13-18/h2-13H,14H2,1H3,(H,24,26). The maximum atomic E-state index is 13.4. The Balaban J connectivity index is 1.94. The van der Waals surface area contributed by atoms with Crippen molar-refractivity contribution in [1.29, 1.82) is 0 Å². The molecule has 3 aromatic rings. The van der Waals surface area contributed by atoms with E-state index < -0.39 is 34.1 Å². The summed E-state index contributed by atoms with van der Waals surface area (Å²) in [7, 11) is -4.21. The third kappa shape index (κ3) is 4.98. The van der Waals surface area contributed by atoms with Gasteiger partial charge in [0.25, 0.3) is 10.0 Å². The molecule has 30 heavy (non-hydrogen) atoms. The number of benzene rings is 3. The van der Waals surface area contributed by atoms with E-state index in [1.165, 1.54) is 23.9 Å². The molecule has 0 saturated heterocycles. The first-order valence-electron chi connectivity index (χ1n) is 8.78. The second-order valence-corrected chi connectivity index (χ2v) is 8.90.